The minimum Gasteiger partial charge on any atom is -0.493 e. The van der Waals surface area contributed by atoms with Crippen LogP contribution in [0.15, 0.2) is 95.6 Å². The van der Waals surface area contributed by atoms with Crippen molar-refractivity contribution >= 4 is 5.91 Å². The molecule has 0 saturated heterocycles. The van der Waals surface area contributed by atoms with E-state index >= 15 is 0 Å². The summed E-state index contributed by atoms with van der Waals surface area (Å²) < 4.78 is 11.1. The molecule has 4 nitrogen and oxygen atoms in total. The standard InChI is InChI=1S/C27H23NO3/c29-27(24-11-12-26-23(17-24)13-15-31-26)28(19-25-10-5-14-30-25)18-20-6-4-9-22(16-20)21-7-2-1-3-8-21/h1-12,14,16-17H,13,15,18-19H2. The minimum absolute atomic E-state index is 0.0174. The Bertz CT molecular complexity index is 1180. The normalized spacial score (nSPS) is 12.3. The van der Waals surface area contributed by atoms with Gasteiger partial charge in [-0.15, -0.1) is 0 Å². The van der Waals surface area contributed by atoms with Gasteiger partial charge in [-0.2, -0.15) is 0 Å². The third-order valence-corrected chi connectivity index (χ3v) is 5.56. The first kappa shape index (κ1) is 19.2. The molecule has 3 aromatic carbocycles. The molecule has 0 spiro atoms. The van der Waals surface area contributed by atoms with Crippen LogP contribution in [0.25, 0.3) is 11.1 Å². The van der Waals surface area contributed by atoms with E-state index in [-0.39, 0.29) is 5.91 Å². The lowest BCUT2D eigenvalue weighted by Gasteiger charge is -2.22. The van der Waals surface area contributed by atoms with Gasteiger partial charge in [0, 0.05) is 18.5 Å². The molecule has 0 bridgehead atoms. The van der Waals surface area contributed by atoms with Gasteiger partial charge in [0.1, 0.15) is 11.5 Å². The molecule has 1 aliphatic rings. The van der Waals surface area contributed by atoms with Crippen LogP contribution >= 0.6 is 0 Å². The Morgan fingerprint density at radius 1 is 0.839 bits per heavy atom. The molecule has 2 heterocycles. The minimum atomic E-state index is -0.0174. The first-order valence-corrected chi connectivity index (χ1v) is 10.5. The monoisotopic (exact) mass is 409 g/mol. The van der Waals surface area contributed by atoms with Gasteiger partial charge < -0.3 is 14.1 Å². The first-order chi connectivity index (χ1) is 15.3. The molecule has 0 saturated carbocycles. The molecule has 4 aromatic rings. The summed E-state index contributed by atoms with van der Waals surface area (Å²) in [4.78, 5) is 15.3. The molecule has 0 aliphatic carbocycles. The van der Waals surface area contributed by atoms with Crippen LogP contribution in [0.3, 0.4) is 0 Å². The van der Waals surface area contributed by atoms with Crippen LogP contribution in [-0.2, 0) is 19.5 Å². The largest absolute Gasteiger partial charge is 0.493 e. The summed E-state index contributed by atoms with van der Waals surface area (Å²) in [5, 5.41) is 0. The Labute approximate surface area is 181 Å². The van der Waals surface area contributed by atoms with Crippen LogP contribution in [0.1, 0.15) is 27.2 Å². The number of benzene rings is 3. The van der Waals surface area contributed by atoms with Crippen molar-refractivity contribution in [1.82, 2.24) is 4.90 Å². The quantitative estimate of drug-likeness (QED) is 0.409. The number of furan rings is 1. The van der Waals surface area contributed by atoms with E-state index in [4.69, 9.17) is 9.15 Å². The number of hydrogen-bond donors (Lipinski definition) is 0. The molecule has 0 radical (unpaired) electrons. The smallest absolute Gasteiger partial charge is 0.254 e. The molecule has 1 amide bonds. The number of carbonyl (C=O) groups excluding carboxylic acids is 1. The number of fused-ring (bicyclic) bond motifs is 1. The van der Waals surface area contributed by atoms with E-state index < -0.39 is 0 Å². The van der Waals surface area contributed by atoms with Crippen LogP contribution in [0.4, 0.5) is 0 Å². The second-order valence-corrected chi connectivity index (χ2v) is 7.73. The van der Waals surface area contributed by atoms with Crippen molar-refractivity contribution in [3.63, 3.8) is 0 Å². The van der Waals surface area contributed by atoms with E-state index in [1.54, 1.807) is 6.26 Å². The van der Waals surface area contributed by atoms with Crippen molar-refractivity contribution in [2.45, 2.75) is 19.5 Å². The molecule has 1 aliphatic heterocycles. The molecule has 0 atom stereocenters. The fraction of sp³-hybridized carbons (Fsp3) is 0.148. The molecule has 5 rings (SSSR count). The molecular formula is C27H23NO3. The van der Waals surface area contributed by atoms with Crippen LogP contribution in [0.2, 0.25) is 0 Å². The van der Waals surface area contributed by atoms with E-state index in [2.05, 4.69) is 30.3 Å². The van der Waals surface area contributed by atoms with Crippen molar-refractivity contribution in [1.29, 1.82) is 0 Å². The fourth-order valence-electron chi connectivity index (χ4n) is 3.99. The predicted molar refractivity (Wildman–Crippen MR) is 120 cm³/mol. The molecule has 1 aromatic heterocycles. The fourth-order valence-corrected chi connectivity index (χ4v) is 3.99. The maximum atomic E-state index is 13.5. The number of ether oxygens (including phenoxy) is 1. The van der Waals surface area contributed by atoms with Gasteiger partial charge in [0.2, 0.25) is 0 Å². The second-order valence-electron chi connectivity index (χ2n) is 7.73. The Balaban J connectivity index is 1.43. The first-order valence-electron chi connectivity index (χ1n) is 10.5. The Morgan fingerprint density at radius 3 is 2.55 bits per heavy atom. The Kier molecular flexibility index (Phi) is 5.28. The zero-order valence-electron chi connectivity index (χ0n) is 17.2. The lowest BCUT2D eigenvalue weighted by atomic mass is 10.0. The zero-order valence-corrected chi connectivity index (χ0v) is 17.2. The number of hydrogen-bond acceptors (Lipinski definition) is 3. The van der Waals surface area contributed by atoms with Crippen LogP contribution < -0.4 is 4.74 Å². The van der Waals surface area contributed by atoms with Crippen molar-refractivity contribution in [2.75, 3.05) is 6.61 Å². The maximum absolute atomic E-state index is 13.5. The van der Waals surface area contributed by atoms with E-state index in [1.165, 1.54) is 0 Å². The summed E-state index contributed by atoms with van der Waals surface area (Å²) in [6.45, 7) is 1.58. The lowest BCUT2D eigenvalue weighted by molar-refractivity contribution is 0.0717. The third-order valence-electron chi connectivity index (χ3n) is 5.56. The van der Waals surface area contributed by atoms with Crippen molar-refractivity contribution in [2.24, 2.45) is 0 Å². The lowest BCUT2D eigenvalue weighted by Crippen LogP contribution is -2.30. The molecule has 0 unspecified atom stereocenters. The molecule has 0 N–H and O–H groups in total. The summed E-state index contributed by atoms with van der Waals surface area (Å²) in [5.41, 5.74) is 5.14. The summed E-state index contributed by atoms with van der Waals surface area (Å²) in [6.07, 6.45) is 2.48. The molecule has 31 heavy (non-hydrogen) atoms. The molecule has 0 fully saturated rings. The highest BCUT2D eigenvalue weighted by Crippen LogP contribution is 2.27. The Hall–Kier alpha value is -3.79. The maximum Gasteiger partial charge on any atom is 0.254 e. The average Bonchev–Trinajstić information content (AvgIpc) is 3.50. The van der Waals surface area contributed by atoms with E-state index in [0.717, 1.165) is 40.2 Å². The topological polar surface area (TPSA) is 42.7 Å². The van der Waals surface area contributed by atoms with Gasteiger partial charge in [-0.05, 0) is 58.7 Å². The summed E-state index contributed by atoms with van der Waals surface area (Å²) in [6, 6.07) is 28.1. The van der Waals surface area contributed by atoms with Gasteiger partial charge in [0.25, 0.3) is 5.91 Å². The summed E-state index contributed by atoms with van der Waals surface area (Å²) in [5.74, 6) is 1.62. The van der Waals surface area contributed by atoms with Crippen molar-refractivity contribution in [3.05, 3.63) is 114 Å². The summed E-state index contributed by atoms with van der Waals surface area (Å²) >= 11 is 0. The van der Waals surface area contributed by atoms with E-state index in [0.29, 0.717) is 25.3 Å². The van der Waals surface area contributed by atoms with Crippen LogP contribution in [0, 0.1) is 0 Å². The SMILES string of the molecule is O=C(c1ccc2c(c1)CCO2)N(Cc1cccc(-c2ccccc2)c1)Cc1ccco1. The van der Waals surface area contributed by atoms with Gasteiger partial charge in [0.05, 0.1) is 19.4 Å². The number of amides is 1. The number of carbonyl (C=O) groups is 1. The van der Waals surface area contributed by atoms with Gasteiger partial charge in [-0.1, -0.05) is 48.5 Å². The van der Waals surface area contributed by atoms with Gasteiger partial charge in [-0.3, -0.25) is 4.79 Å². The van der Waals surface area contributed by atoms with E-state index in [9.17, 15) is 4.79 Å². The number of rotatable bonds is 6. The van der Waals surface area contributed by atoms with Crippen LogP contribution in [0.5, 0.6) is 5.75 Å². The number of nitrogens with zero attached hydrogens (tertiary/aromatic N) is 1. The average molecular weight is 409 g/mol. The Morgan fingerprint density at radius 2 is 1.71 bits per heavy atom. The molecule has 154 valence electrons. The van der Waals surface area contributed by atoms with Crippen molar-refractivity contribution in [3.8, 4) is 16.9 Å². The highest BCUT2D eigenvalue weighted by atomic mass is 16.5. The van der Waals surface area contributed by atoms with Gasteiger partial charge >= 0.3 is 0 Å². The predicted octanol–water partition coefficient (Wildman–Crippen LogP) is 5.72. The molecular weight excluding hydrogens is 386 g/mol. The van der Waals surface area contributed by atoms with Gasteiger partial charge in [-0.25, -0.2) is 0 Å². The second kappa shape index (κ2) is 8.52. The van der Waals surface area contributed by atoms with Crippen LogP contribution in [-0.4, -0.2) is 17.4 Å². The highest BCUT2D eigenvalue weighted by molar-refractivity contribution is 5.94. The molecule has 4 heteroatoms. The van der Waals surface area contributed by atoms with Gasteiger partial charge in [0.15, 0.2) is 0 Å². The summed E-state index contributed by atoms with van der Waals surface area (Å²) in [7, 11) is 0. The van der Waals surface area contributed by atoms with E-state index in [1.807, 2.05) is 59.5 Å². The highest BCUT2D eigenvalue weighted by Gasteiger charge is 2.21. The van der Waals surface area contributed by atoms with Crippen molar-refractivity contribution < 1.29 is 13.9 Å². The third kappa shape index (κ3) is 4.24. The zero-order chi connectivity index (χ0) is 21.0.